The molecule has 0 heterocycles. The number of alkyl halides is 3. The van der Waals surface area contributed by atoms with Gasteiger partial charge in [-0.1, -0.05) is 19.3 Å². The zero-order valence-electron chi connectivity index (χ0n) is 9.98. The van der Waals surface area contributed by atoms with Crippen molar-refractivity contribution in [2.24, 2.45) is 0 Å². The molecule has 2 N–H and O–H groups in total. The first kappa shape index (κ1) is 15.8. The monoisotopic (exact) mass is 339 g/mol. The van der Waals surface area contributed by atoms with Crippen LogP contribution < -0.4 is 10.6 Å². The summed E-state index contributed by atoms with van der Waals surface area (Å²) < 4.78 is 37.1. The molecule has 2 amide bonds. The Kier molecular flexibility index (Phi) is 5.66. The minimum atomic E-state index is -4.79. The predicted molar refractivity (Wildman–Crippen MR) is 66.2 cm³/mol. The largest absolute Gasteiger partial charge is 0.433 e. The number of carbonyl (C=O) groups is 1. The molecule has 1 aliphatic carbocycles. The molecule has 0 atom stereocenters. The number of nitrogens with one attached hydrogen (secondary N) is 2. The number of urea groups is 1. The number of nitrogens with zero attached hydrogens (tertiary/aromatic N) is 1. The average Bonchev–Trinajstić information content (AvgIpc) is 2.35. The standard InChI is InChI=1S/C11H13BrF3N3O/c12-8(6-16)9(11(13,14)15)18-10(19)17-7-4-2-1-3-5-7/h7H,1-5H2,(H2,17,18,19). The van der Waals surface area contributed by atoms with Crippen LogP contribution in [0.25, 0.3) is 0 Å². The summed E-state index contributed by atoms with van der Waals surface area (Å²) in [5, 5.41) is 12.7. The normalized spacial score (nSPS) is 18.3. The van der Waals surface area contributed by atoms with Gasteiger partial charge in [-0.2, -0.15) is 18.4 Å². The van der Waals surface area contributed by atoms with Gasteiger partial charge in [-0.05, 0) is 28.8 Å². The zero-order valence-corrected chi connectivity index (χ0v) is 11.6. The molecule has 0 aromatic heterocycles. The van der Waals surface area contributed by atoms with Gasteiger partial charge in [-0.25, -0.2) is 4.79 Å². The van der Waals surface area contributed by atoms with Crippen molar-refractivity contribution in [1.82, 2.24) is 10.6 Å². The van der Waals surface area contributed by atoms with Gasteiger partial charge in [-0.3, -0.25) is 0 Å². The number of amides is 2. The Morgan fingerprint density at radius 3 is 2.32 bits per heavy atom. The van der Waals surface area contributed by atoms with Gasteiger partial charge >= 0.3 is 12.2 Å². The van der Waals surface area contributed by atoms with Crippen LogP contribution in [0.5, 0.6) is 0 Å². The highest BCUT2D eigenvalue weighted by Crippen LogP contribution is 2.28. The van der Waals surface area contributed by atoms with Crippen LogP contribution in [0.3, 0.4) is 0 Å². The van der Waals surface area contributed by atoms with Crippen molar-refractivity contribution >= 4 is 22.0 Å². The van der Waals surface area contributed by atoms with E-state index >= 15 is 0 Å². The zero-order chi connectivity index (χ0) is 14.5. The molecular formula is C11H13BrF3N3O. The van der Waals surface area contributed by atoms with E-state index in [1.807, 2.05) is 0 Å². The van der Waals surface area contributed by atoms with E-state index in [1.54, 1.807) is 5.32 Å². The predicted octanol–water partition coefficient (Wildman–Crippen LogP) is 3.31. The molecule has 0 spiro atoms. The number of allylic oxidation sites excluding steroid dienone is 2. The maximum atomic E-state index is 12.6. The third kappa shape index (κ3) is 5.11. The van der Waals surface area contributed by atoms with Gasteiger partial charge in [-0.15, -0.1) is 0 Å². The van der Waals surface area contributed by atoms with Crippen molar-refractivity contribution < 1.29 is 18.0 Å². The molecule has 0 aromatic rings. The fraction of sp³-hybridized carbons (Fsp3) is 0.636. The van der Waals surface area contributed by atoms with Gasteiger partial charge in [0.05, 0.1) is 0 Å². The van der Waals surface area contributed by atoms with E-state index < -0.39 is 22.4 Å². The SMILES string of the molecule is N#CC(Br)=C(NC(=O)NC1CCCCC1)C(F)(F)F. The molecular weight excluding hydrogens is 327 g/mol. The van der Waals surface area contributed by atoms with E-state index in [0.29, 0.717) is 0 Å². The first-order chi connectivity index (χ1) is 8.84. The molecule has 4 nitrogen and oxygen atoms in total. The van der Waals surface area contributed by atoms with E-state index in [1.165, 1.54) is 6.07 Å². The summed E-state index contributed by atoms with van der Waals surface area (Å²) in [6.45, 7) is 0. The second-order valence-corrected chi connectivity index (χ2v) is 5.02. The molecule has 1 saturated carbocycles. The van der Waals surface area contributed by atoms with Crippen molar-refractivity contribution in [1.29, 1.82) is 5.26 Å². The van der Waals surface area contributed by atoms with Crippen LogP contribution >= 0.6 is 15.9 Å². The minimum absolute atomic E-state index is 0.107. The number of carbonyl (C=O) groups excluding carboxylic acids is 1. The summed E-state index contributed by atoms with van der Waals surface area (Å²) in [7, 11) is 0. The van der Waals surface area contributed by atoms with E-state index in [9.17, 15) is 18.0 Å². The van der Waals surface area contributed by atoms with E-state index in [2.05, 4.69) is 21.2 Å². The average molecular weight is 340 g/mol. The highest BCUT2D eigenvalue weighted by atomic mass is 79.9. The summed E-state index contributed by atoms with van der Waals surface area (Å²) >= 11 is 2.49. The highest BCUT2D eigenvalue weighted by Gasteiger charge is 2.38. The number of nitriles is 1. The molecule has 0 saturated heterocycles. The molecule has 0 unspecified atom stereocenters. The molecule has 0 radical (unpaired) electrons. The lowest BCUT2D eigenvalue weighted by Gasteiger charge is -2.23. The Morgan fingerprint density at radius 1 is 1.26 bits per heavy atom. The third-order valence-corrected chi connectivity index (χ3v) is 3.35. The second-order valence-electron chi connectivity index (χ2n) is 4.23. The lowest BCUT2D eigenvalue weighted by Crippen LogP contribution is -2.44. The Morgan fingerprint density at radius 2 is 1.84 bits per heavy atom. The molecule has 1 rings (SSSR count). The summed E-state index contributed by atoms with van der Waals surface area (Å²) in [5.41, 5.74) is -1.39. The van der Waals surface area contributed by atoms with Crippen molar-refractivity contribution in [2.45, 2.75) is 44.3 Å². The maximum Gasteiger partial charge on any atom is 0.433 e. The quantitative estimate of drug-likeness (QED) is 0.758. The van der Waals surface area contributed by atoms with Crippen LogP contribution in [0.2, 0.25) is 0 Å². The Bertz CT molecular complexity index is 408. The van der Waals surface area contributed by atoms with Gasteiger partial charge < -0.3 is 10.6 Å². The molecule has 8 heteroatoms. The topological polar surface area (TPSA) is 64.9 Å². The fourth-order valence-electron chi connectivity index (χ4n) is 1.89. The Labute approximate surface area is 117 Å². The second kappa shape index (κ2) is 6.80. The summed E-state index contributed by atoms with van der Waals surface area (Å²) in [6.07, 6.45) is -0.286. The molecule has 0 bridgehead atoms. The number of hydrogen-bond donors (Lipinski definition) is 2. The van der Waals surface area contributed by atoms with Gasteiger partial charge in [0.25, 0.3) is 0 Å². The van der Waals surface area contributed by atoms with Crippen LogP contribution in [0.4, 0.5) is 18.0 Å². The number of halogens is 4. The molecule has 106 valence electrons. The van der Waals surface area contributed by atoms with Crippen molar-refractivity contribution in [3.05, 3.63) is 10.2 Å². The summed E-state index contributed by atoms with van der Waals surface area (Å²) in [5.74, 6) is 0. The van der Waals surface area contributed by atoms with Gasteiger partial charge in [0.15, 0.2) is 0 Å². The van der Waals surface area contributed by atoms with Gasteiger partial charge in [0, 0.05) is 6.04 Å². The first-order valence-corrected chi connectivity index (χ1v) is 6.58. The highest BCUT2D eigenvalue weighted by molar-refractivity contribution is 9.12. The van der Waals surface area contributed by atoms with Gasteiger partial charge in [0.2, 0.25) is 0 Å². The maximum absolute atomic E-state index is 12.6. The molecule has 1 fully saturated rings. The third-order valence-electron chi connectivity index (χ3n) is 2.78. The first-order valence-electron chi connectivity index (χ1n) is 5.79. The van der Waals surface area contributed by atoms with E-state index in [4.69, 9.17) is 5.26 Å². The van der Waals surface area contributed by atoms with E-state index in [-0.39, 0.29) is 6.04 Å². The molecule has 0 aliphatic heterocycles. The number of rotatable bonds is 2. The minimum Gasteiger partial charge on any atom is -0.335 e. The van der Waals surface area contributed by atoms with Gasteiger partial charge in [0.1, 0.15) is 16.2 Å². The summed E-state index contributed by atoms with van der Waals surface area (Å²) in [6, 6.07) is 0.269. The lowest BCUT2D eigenvalue weighted by atomic mass is 9.96. The van der Waals surface area contributed by atoms with Crippen LogP contribution in [-0.4, -0.2) is 18.2 Å². The van der Waals surface area contributed by atoms with E-state index in [0.717, 1.165) is 32.1 Å². The summed E-state index contributed by atoms with van der Waals surface area (Å²) in [4.78, 5) is 11.5. The lowest BCUT2D eigenvalue weighted by molar-refractivity contribution is -0.0956. The smallest absolute Gasteiger partial charge is 0.335 e. The number of hydrogen-bond acceptors (Lipinski definition) is 2. The van der Waals surface area contributed by atoms with Crippen molar-refractivity contribution in [2.75, 3.05) is 0 Å². The van der Waals surface area contributed by atoms with Crippen molar-refractivity contribution in [3.8, 4) is 6.07 Å². The van der Waals surface area contributed by atoms with Crippen LogP contribution in [0.1, 0.15) is 32.1 Å². The van der Waals surface area contributed by atoms with Crippen LogP contribution in [0, 0.1) is 11.3 Å². The van der Waals surface area contributed by atoms with Crippen LogP contribution in [-0.2, 0) is 0 Å². The Hall–Kier alpha value is -1.23. The molecule has 19 heavy (non-hydrogen) atoms. The Balaban J connectivity index is 2.65. The van der Waals surface area contributed by atoms with Crippen molar-refractivity contribution in [3.63, 3.8) is 0 Å². The van der Waals surface area contributed by atoms with Crippen LogP contribution in [0.15, 0.2) is 10.2 Å². The molecule has 0 aromatic carbocycles. The molecule has 1 aliphatic rings. The fourth-order valence-corrected chi connectivity index (χ4v) is 2.21.